The fraction of sp³-hybridized carbons (Fsp3) is 0.357. The summed E-state index contributed by atoms with van der Waals surface area (Å²) < 4.78 is 28.8. The molecule has 2 aromatic rings. The number of sulfonamides is 1. The SMILES string of the molecule is CCC(C)NS(=O)(=O)c1cn(-c2ccccc2)nc1C. The molecular formula is C14H19N3O2S. The van der Waals surface area contributed by atoms with E-state index in [0.29, 0.717) is 5.69 Å². The molecule has 0 saturated heterocycles. The number of benzene rings is 1. The van der Waals surface area contributed by atoms with Crippen molar-refractivity contribution in [2.45, 2.75) is 38.1 Å². The molecule has 0 aliphatic rings. The zero-order valence-electron chi connectivity index (χ0n) is 11.9. The van der Waals surface area contributed by atoms with Gasteiger partial charge in [-0.2, -0.15) is 5.10 Å². The van der Waals surface area contributed by atoms with Crippen LogP contribution in [0.3, 0.4) is 0 Å². The molecule has 20 heavy (non-hydrogen) atoms. The molecule has 108 valence electrons. The fourth-order valence-corrected chi connectivity index (χ4v) is 3.32. The molecular weight excluding hydrogens is 274 g/mol. The third-order valence-corrected chi connectivity index (χ3v) is 4.83. The topological polar surface area (TPSA) is 64.0 Å². The minimum absolute atomic E-state index is 0.0977. The highest BCUT2D eigenvalue weighted by atomic mass is 32.2. The van der Waals surface area contributed by atoms with Gasteiger partial charge in [0.15, 0.2) is 0 Å². The first-order valence-corrected chi connectivity index (χ1v) is 8.06. The molecule has 0 spiro atoms. The van der Waals surface area contributed by atoms with E-state index >= 15 is 0 Å². The maximum absolute atomic E-state index is 12.3. The summed E-state index contributed by atoms with van der Waals surface area (Å²) in [7, 11) is -3.52. The van der Waals surface area contributed by atoms with Gasteiger partial charge >= 0.3 is 0 Å². The molecule has 1 N–H and O–H groups in total. The van der Waals surface area contributed by atoms with E-state index in [4.69, 9.17) is 0 Å². The summed E-state index contributed by atoms with van der Waals surface area (Å²) in [6, 6.07) is 9.34. The van der Waals surface area contributed by atoms with Crippen LogP contribution in [0.4, 0.5) is 0 Å². The Hall–Kier alpha value is -1.66. The molecule has 0 bridgehead atoms. The molecule has 1 atom stereocenters. The number of para-hydroxylation sites is 1. The number of rotatable bonds is 5. The lowest BCUT2D eigenvalue weighted by atomic mass is 10.3. The van der Waals surface area contributed by atoms with E-state index in [2.05, 4.69) is 9.82 Å². The monoisotopic (exact) mass is 293 g/mol. The Morgan fingerprint density at radius 1 is 1.30 bits per heavy atom. The number of hydrogen-bond acceptors (Lipinski definition) is 3. The van der Waals surface area contributed by atoms with Gasteiger partial charge in [-0.3, -0.25) is 0 Å². The summed E-state index contributed by atoms with van der Waals surface area (Å²) in [5, 5.41) is 4.28. The maximum atomic E-state index is 12.3. The highest BCUT2D eigenvalue weighted by Crippen LogP contribution is 2.17. The van der Waals surface area contributed by atoms with Gasteiger partial charge in [-0.25, -0.2) is 17.8 Å². The predicted molar refractivity (Wildman–Crippen MR) is 78.4 cm³/mol. The van der Waals surface area contributed by atoms with E-state index in [1.807, 2.05) is 44.2 Å². The highest BCUT2D eigenvalue weighted by molar-refractivity contribution is 7.89. The number of hydrogen-bond donors (Lipinski definition) is 1. The molecule has 1 heterocycles. The van der Waals surface area contributed by atoms with Gasteiger partial charge in [-0.15, -0.1) is 0 Å². The van der Waals surface area contributed by atoms with Crippen LogP contribution in [0.5, 0.6) is 0 Å². The molecule has 1 unspecified atom stereocenters. The molecule has 2 rings (SSSR count). The third-order valence-electron chi connectivity index (χ3n) is 3.13. The zero-order chi connectivity index (χ0) is 14.8. The van der Waals surface area contributed by atoms with Crippen molar-refractivity contribution in [2.24, 2.45) is 0 Å². The van der Waals surface area contributed by atoms with Crippen molar-refractivity contribution >= 4 is 10.0 Å². The summed E-state index contributed by atoms with van der Waals surface area (Å²) in [4.78, 5) is 0.224. The summed E-state index contributed by atoms with van der Waals surface area (Å²) in [5.41, 5.74) is 1.32. The third kappa shape index (κ3) is 3.08. The van der Waals surface area contributed by atoms with Crippen LogP contribution in [0, 0.1) is 6.92 Å². The average molecular weight is 293 g/mol. The molecule has 0 aliphatic heterocycles. The van der Waals surface area contributed by atoms with Gasteiger partial charge < -0.3 is 0 Å². The molecule has 0 amide bonds. The summed E-state index contributed by atoms with van der Waals surface area (Å²) in [6.45, 7) is 5.48. The van der Waals surface area contributed by atoms with Crippen LogP contribution in [0.15, 0.2) is 41.4 Å². The molecule has 6 heteroatoms. The van der Waals surface area contributed by atoms with Crippen LogP contribution in [0.2, 0.25) is 0 Å². The lowest BCUT2D eigenvalue weighted by Crippen LogP contribution is -2.32. The molecule has 0 saturated carbocycles. The van der Waals surface area contributed by atoms with Crippen LogP contribution in [0.25, 0.3) is 5.69 Å². The molecule has 1 aromatic heterocycles. The number of aryl methyl sites for hydroxylation is 1. The van der Waals surface area contributed by atoms with Crippen LogP contribution in [0.1, 0.15) is 26.0 Å². The Labute approximate surface area is 119 Å². The van der Waals surface area contributed by atoms with Crippen molar-refractivity contribution in [1.82, 2.24) is 14.5 Å². The number of aromatic nitrogens is 2. The van der Waals surface area contributed by atoms with Crippen molar-refractivity contribution in [3.63, 3.8) is 0 Å². The van der Waals surface area contributed by atoms with Gasteiger partial charge in [0.05, 0.1) is 17.6 Å². The van der Waals surface area contributed by atoms with E-state index < -0.39 is 10.0 Å². The summed E-state index contributed by atoms with van der Waals surface area (Å²) in [5.74, 6) is 0. The van der Waals surface area contributed by atoms with Crippen molar-refractivity contribution in [1.29, 1.82) is 0 Å². The first-order chi connectivity index (χ1) is 9.44. The van der Waals surface area contributed by atoms with E-state index in [9.17, 15) is 8.42 Å². The molecule has 0 fully saturated rings. The standard InChI is InChI=1S/C14H19N3O2S/c1-4-11(2)16-20(18,19)14-10-17(15-12(14)3)13-8-6-5-7-9-13/h5-11,16H,4H2,1-3H3. The van der Waals surface area contributed by atoms with Crippen molar-refractivity contribution in [2.75, 3.05) is 0 Å². The normalized spacial score (nSPS) is 13.3. The zero-order valence-corrected chi connectivity index (χ0v) is 12.7. The second-order valence-electron chi connectivity index (χ2n) is 4.79. The Morgan fingerprint density at radius 3 is 2.55 bits per heavy atom. The average Bonchev–Trinajstić information content (AvgIpc) is 2.82. The van der Waals surface area contributed by atoms with Crippen molar-refractivity contribution < 1.29 is 8.42 Å². The predicted octanol–water partition coefficient (Wildman–Crippen LogP) is 2.26. The first-order valence-electron chi connectivity index (χ1n) is 6.58. The maximum Gasteiger partial charge on any atom is 0.244 e. The number of nitrogens with zero attached hydrogens (tertiary/aromatic N) is 2. The summed E-state index contributed by atoms with van der Waals surface area (Å²) in [6.07, 6.45) is 2.29. The van der Waals surface area contributed by atoms with Crippen molar-refractivity contribution in [3.8, 4) is 5.69 Å². The van der Waals surface area contributed by atoms with Gasteiger partial charge in [0.2, 0.25) is 10.0 Å². The Balaban J connectivity index is 2.37. The van der Waals surface area contributed by atoms with E-state index in [1.165, 1.54) is 0 Å². The van der Waals surface area contributed by atoms with Crippen LogP contribution >= 0.6 is 0 Å². The summed E-state index contributed by atoms with van der Waals surface area (Å²) >= 11 is 0. The quantitative estimate of drug-likeness (QED) is 0.919. The number of nitrogens with one attached hydrogen (secondary N) is 1. The Morgan fingerprint density at radius 2 is 1.95 bits per heavy atom. The fourth-order valence-electron chi connectivity index (χ4n) is 1.83. The van der Waals surface area contributed by atoms with Gasteiger partial charge in [0.25, 0.3) is 0 Å². The van der Waals surface area contributed by atoms with Gasteiger partial charge in [0.1, 0.15) is 4.90 Å². The second-order valence-corrected chi connectivity index (χ2v) is 6.47. The highest BCUT2D eigenvalue weighted by Gasteiger charge is 2.22. The van der Waals surface area contributed by atoms with Gasteiger partial charge in [-0.05, 0) is 32.4 Å². The van der Waals surface area contributed by atoms with E-state index in [0.717, 1.165) is 12.1 Å². The minimum Gasteiger partial charge on any atom is -0.239 e. The van der Waals surface area contributed by atoms with Crippen LogP contribution < -0.4 is 4.72 Å². The lowest BCUT2D eigenvalue weighted by Gasteiger charge is -2.10. The smallest absolute Gasteiger partial charge is 0.239 e. The van der Waals surface area contributed by atoms with Gasteiger partial charge in [0, 0.05) is 6.04 Å². The molecule has 5 nitrogen and oxygen atoms in total. The van der Waals surface area contributed by atoms with Gasteiger partial charge in [-0.1, -0.05) is 25.1 Å². The second kappa shape index (κ2) is 5.76. The minimum atomic E-state index is -3.52. The van der Waals surface area contributed by atoms with Crippen LogP contribution in [-0.4, -0.2) is 24.2 Å². The van der Waals surface area contributed by atoms with E-state index in [1.54, 1.807) is 17.8 Å². The Kier molecular flexibility index (Phi) is 4.25. The molecule has 0 radical (unpaired) electrons. The van der Waals surface area contributed by atoms with Crippen LogP contribution in [-0.2, 0) is 10.0 Å². The first kappa shape index (κ1) is 14.7. The van der Waals surface area contributed by atoms with E-state index in [-0.39, 0.29) is 10.9 Å². The van der Waals surface area contributed by atoms with Crippen molar-refractivity contribution in [3.05, 3.63) is 42.2 Å². The lowest BCUT2D eigenvalue weighted by molar-refractivity contribution is 0.555. The molecule has 0 aliphatic carbocycles. The molecule has 1 aromatic carbocycles. The Bertz CT molecular complexity index is 678. The largest absolute Gasteiger partial charge is 0.244 e.